The molecule has 2 rings (SSSR count). The van der Waals surface area contributed by atoms with Gasteiger partial charge in [0.05, 0.1) is 4.83 Å². The average molecular weight is 350 g/mol. The molecule has 1 atom stereocenters. The van der Waals surface area contributed by atoms with Crippen molar-refractivity contribution in [2.75, 3.05) is 0 Å². The maximum absolute atomic E-state index is 13.6. The largest absolute Gasteiger partial charge is 0.207 e. The van der Waals surface area contributed by atoms with Gasteiger partial charge < -0.3 is 0 Å². The van der Waals surface area contributed by atoms with Gasteiger partial charge in [-0.25, -0.2) is 4.39 Å². The standard InChI is InChI=1S/C12H11BrClFN2S/c1-2-8(13)12-17-16-11(18-12)6-7-9(14)4-3-5-10(7)15/h3-5,8H,2,6H2,1H3. The maximum Gasteiger partial charge on any atom is 0.131 e. The number of alkyl halides is 1. The number of halogens is 3. The Hall–Kier alpha value is -0.520. The second kappa shape index (κ2) is 6.08. The van der Waals surface area contributed by atoms with Crippen LogP contribution in [0.2, 0.25) is 5.02 Å². The molecule has 1 unspecified atom stereocenters. The molecule has 0 spiro atoms. The number of nitrogens with zero attached hydrogens (tertiary/aromatic N) is 2. The Balaban J connectivity index is 2.21. The molecular formula is C12H11BrClFN2S. The fraction of sp³-hybridized carbons (Fsp3) is 0.333. The van der Waals surface area contributed by atoms with E-state index >= 15 is 0 Å². The molecule has 0 radical (unpaired) electrons. The summed E-state index contributed by atoms with van der Waals surface area (Å²) in [4.78, 5) is 0.208. The number of aromatic nitrogens is 2. The Bertz CT molecular complexity index is 526. The fourth-order valence-corrected chi connectivity index (χ4v) is 3.01. The van der Waals surface area contributed by atoms with Crippen LogP contribution in [0.25, 0.3) is 0 Å². The summed E-state index contributed by atoms with van der Waals surface area (Å²) in [6.45, 7) is 2.06. The van der Waals surface area contributed by atoms with E-state index in [2.05, 4.69) is 33.1 Å². The van der Waals surface area contributed by atoms with E-state index in [0.717, 1.165) is 16.4 Å². The highest BCUT2D eigenvalue weighted by Crippen LogP contribution is 2.30. The van der Waals surface area contributed by atoms with Crippen molar-refractivity contribution in [3.63, 3.8) is 0 Å². The molecule has 1 aromatic heterocycles. The lowest BCUT2D eigenvalue weighted by atomic mass is 10.1. The Morgan fingerprint density at radius 1 is 1.44 bits per heavy atom. The van der Waals surface area contributed by atoms with Crippen LogP contribution in [0.4, 0.5) is 4.39 Å². The highest BCUT2D eigenvalue weighted by molar-refractivity contribution is 9.09. The zero-order chi connectivity index (χ0) is 13.1. The molecule has 2 aromatic rings. The molecule has 0 aliphatic carbocycles. The fourth-order valence-electron chi connectivity index (χ4n) is 1.49. The number of rotatable bonds is 4. The molecule has 0 aliphatic heterocycles. The predicted molar refractivity (Wildman–Crippen MR) is 76.1 cm³/mol. The van der Waals surface area contributed by atoms with Gasteiger partial charge in [0.25, 0.3) is 0 Å². The molecule has 6 heteroatoms. The van der Waals surface area contributed by atoms with Gasteiger partial charge in [-0.05, 0) is 18.6 Å². The van der Waals surface area contributed by atoms with E-state index in [4.69, 9.17) is 11.6 Å². The maximum atomic E-state index is 13.6. The number of hydrogen-bond acceptors (Lipinski definition) is 3. The van der Waals surface area contributed by atoms with Gasteiger partial charge in [0.2, 0.25) is 0 Å². The van der Waals surface area contributed by atoms with Gasteiger partial charge in [0.15, 0.2) is 0 Å². The average Bonchev–Trinajstić information content (AvgIpc) is 2.81. The Morgan fingerprint density at radius 2 is 2.22 bits per heavy atom. The molecule has 1 aromatic carbocycles. The topological polar surface area (TPSA) is 25.8 Å². The summed E-state index contributed by atoms with van der Waals surface area (Å²) < 4.78 is 13.6. The van der Waals surface area contributed by atoms with Crippen molar-refractivity contribution in [2.45, 2.75) is 24.6 Å². The normalized spacial score (nSPS) is 12.7. The summed E-state index contributed by atoms with van der Waals surface area (Å²) in [5, 5.41) is 10.3. The number of hydrogen-bond donors (Lipinski definition) is 0. The van der Waals surface area contributed by atoms with Crippen LogP contribution in [-0.2, 0) is 6.42 Å². The Morgan fingerprint density at radius 3 is 2.89 bits per heavy atom. The van der Waals surface area contributed by atoms with Crippen molar-refractivity contribution in [2.24, 2.45) is 0 Å². The molecule has 0 bridgehead atoms. The van der Waals surface area contributed by atoms with Crippen LogP contribution in [0.1, 0.15) is 33.8 Å². The van der Waals surface area contributed by atoms with Crippen LogP contribution in [0.5, 0.6) is 0 Å². The van der Waals surface area contributed by atoms with E-state index in [0.29, 0.717) is 17.0 Å². The minimum absolute atomic E-state index is 0.208. The third-order valence-corrected chi connectivity index (χ3v) is 5.27. The first kappa shape index (κ1) is 13.9. The molecule has 1 heterocycles. The summed E-state index contributed by atoms with van der Waals surface area (Å²) in [6, 6.07) is 4.68. The quantitative estimate of drug-likeness (QED) is 0.743. The monoisotopic (exact) mass is 348 g/mol. The van der Waals surface area contributed by atoms with Crippen molar-refractivity contribution < 1.29 is 4.39 Å². The lowest BCUT2D eigenvalue weighted by Gasteiger charge is -2.02. The van der Waals surface area contributed by atoms with Gasteiger partial charge in [0.1, 0.15) is 15.8 Å². The smallest absolute Gasteiger partial charge is 0.131 e. The van der Waals surface area contributed by atoms with Gasteiger partial charge >= 0.3 is 0 Å². The molecule has 0 saturated carbocycles. The SMILES string of the molecule is CCC(Br)c1nnc(Cc2c(F)cccc2Cl)s1. The third-order valence-electron chi connectivity index (χ3n) is 2.50. The molecule has 0 aliphatic rings. The zero-order valence-electron chi connectivity index (χ0n) is 9.66. The van der Waals surface area contributed by atoms with E-state index in [-0.39, 0.29) is 10.6 Å². The lowest BCUT2D eigenvalue weighted by Crippen LogP contribution is -1.93. The first-order valence-electron chi connectivity index (χ1n) is 5.51. The summed E-state index contributed by atoms with van der Waals surface area (Å²) in [5.74, 6) is -0.301. The van der Waals surface area contributed by atoms with E-state index in [1.807, 2.05) is 0 Å². The number of benzene rings is 1. The van der Waals surface area contributed by atoms with Crippen molar-refractivity contribution in [3.05, 3.63) is 44.6 Å². The van der Waals surface area contributed by atoms with Gasteiger partial charge in [-0.1, -0.05) is 51.9 Å². The molecule has 0 amide bonds. The highest BCUT2D eigenvalue weighted by atomic mass is 79.9. The summed E-state index contributed by atoms with van der Waals surface area (Å²) in [6.07, 6.45) is 1.32. The molecule has 0 N–H and O–H groups in total. The Kier molecular flexibility index (Phi) is 4.70. The molecule has 0 saturated heterocycles. The highest BCUT2D eigenvalue weighted by Gasteiger charge is 2.14. The molecule has 96 valence electrons. The predicted octanol–water partition coefficient (Wildman–Crippen LogP) is 4.77. The van der Waals surface area contributed by atoms with Crippen molar-refractivity contribution >= 4 is 38.9 Å². The summed E-state index contributed by atoms with van der Waals surface area (Å²) in [5.41, 5.74) is 0.476. The van der Waals surface area contributed by atoms with Crippen LogP contribution in [-0.4, -0.2) is 10.2 Å². The van der Waals surface area contributed by atoms with Gasteiger partial charge in [-0.3, -0.25) is 0 Å². The van der Waals surface area contributed by atoms with Crippen LogP contribution in [0.15, 0.2) is 18.2 Å². The molecule has 18 heavy (non-hydrogen) atoms. The molecular weight excluding hydrogens is 339 g/mol. The van der Waals surface area contributed by atoms with Crippen LogP contribution < -0.4 is 0 Å². The Labute approximate surface area is 122 Å². The van der Waals surface area contributed by atoms with E-state index in [1.54, 1.807) is 12.1 Å². The van der Waals surface area contributed by atoms with Crippen LogP contribution in [0.3, 0.4) is 0 Å². The molecule has 2 nitrogen and oxygen atoms in total. The summed E-state index contributed by atoms with van der Waals surface area (Å²) in [7, 11) is 0. The van der Waals surface area contributed by atoms with Gasteiger partial charge in [-0.15, -0.1) is 10.2 Å². The molecule has 0 fully saturated rings. The first-order valence-corrected chi connectivity index (χ1v) is 7.62. The summed E-state index contributed by atoms with van der Waals surface area (Å²) >= 11 is 11.0. The van der Waals surface area contributed by atoms with E-state index < -0.39 is 0 Å². The van der Waals surface area contributed by atoms with Crippen molar-refractivity contribution in [1.29, 1.82) is 0 Å². The lowest BCUT2D eigenvalue weighted by molar-refractivity contribution is 0.613. The minimum atomic E-state index is -0.301. The second-order valence-corrected chi connectivity index (χ2v) is 6.39. The second-order valence-electron chi connectivity index (χ2n) is 3.79. The van der Waals surface area contributed by atoms with Crippen molar-refractivity contribution in [3.8, 4) is 0 Å². The minimum Gasteiger partial charge on any atom is -0.207 e. The van der Waals surface area contributed by atoms with Crippen molar-refractivity contribution in [1.82, 2.24) is 10.2 Å². The van der Waals surface area contributed by atoms with Gasteiger partial charge in [-0.2, -0.15) is 0 Å². The third kappa shape index (κ3) is 3.08. The van der Waals surface area contributed by atoms with Crippen LogP contribution >= 0.6 is 38.9 Å². The van der Waals surface area contributed by atoms with E-state index in [1.165, 1.54) is 17.4 Å². The van der Waals surface area contributed by atoms with Crippen LogP contribution in [0, 0.1) is 5.82 Å². The first-order chi connectivity index (χ1) is 8.61. The van der Waals surface area contributed by atoms with E-state index in [9.17, 15) is 4.39 Å². The van der Waals surface area contributed by atoms with Gasteiger partial charge in [0, 0.05) is 17.0 Å². The zero-order valence-corrected chi connectivity index (χ0v) is 12.8.